The second kappa shape index (κ2) is 6.43. The molecule has 1 aromatic carbocycles. The predicted molar refractivity (Wildman–Crippen MR) is 82.6 cm³/mol. The van der Waals surface area contributed by atoms with Crippen LogP contribution < -0.4 is 4.74 Å². The highest BCUT2D eigenvalue weighted by atomic mass is 16.5. The number of ketones is 1. The van der Waals surface area contributed by atoms with Gasteiger partial charge in [0, 0.05) is 11.5 Å². The number of hydrogen-bond acceptors (Lipinski definition) is 2. The highest BCUT2D eigenvalue weighted by Gasteiger charge is 2.24. The van der Waals surface area contributed by atoms with Gasteiger partial charge in [0.25, 0.3) is 0 Å². The molecule has 1 fully saturated rings. The first-order valence-electron chi connectivity index (χ1n) is 7.81. The van der Waals surface area contributed by atoms with Gasteiger partial charge in [-0.15, -0.1) is 0 Å². The van der Waals surface area contributed by atoms with Crippen molar-refractivity contribution in [3.8, 4) is 5.75 Å². The monoisotopic (exact) mass is 274 g/mol. The van der Waals surface area contributed by atoms with Gasteiger partial charge >= 0.3 is 0 Å². The quantitative estimate of drug-likeness (QED) is 0.733. The zero-order valence-electron chi connectivity index (χ0n) is 13.2. The first kappa shape index (κ1) is 15.1. The summed E-state index contributed by atoms with van der Waals surface area (Å²) in [5, 5.41) is 0. The molecule has 20 heavy (non-hydrogen) atoms. The molecular formula is C18H26O2. The SMILES string of the molecule is Cc1c(OC(C)C)ccc(C(=O)C2CCCCC2)c1C. The minimum absolute atomic E-state index is 0.160. The van der Waals surface area contributed by atoms with Crippen LogP contribution in [0.1, 0.15) is 67.4 Å². The molecule has 0 unspecified atom stereocenters. The highest BCUT2D eigenvalue weighted by molar-refractivity contribution is 5.99. The van der Waals surface area contributed by atoms with E-state index in [1.165, 1.54) is 19.3 Å². The number of ether oxygens (including phenoxy) is 1. The lowest BCUT2D eigenvalue weighted by Gasteiger charge is -2.22. The summed E-state index contributed by atoms with van der Waals surface area (Å²) in [4.78, 5) is 12.7. The van der Waals surface area contributed by atoms with Crippen molar-refractivity contribution in [2.24, 2.45) is 5.92 Å². The van der Waals surface area contributed by atoms with E-state index in [2.05, 4.69) is 0 Å². The van der Waals surface area contributed by atoms with E-state index in [0.717, 1.165) is 35.3 Å². The van der Waals surface area contributed by atoms with Gasteiger partial charge in [0.1, 0.15) is 5.75 Å². The fourth-order valence-corrected chi connectivity index (χ4v) is 3.03. The standard InChI is InChI=1S/C18H26O2/c1-12(2)20-17-11-10-16(13(3)14(17)4)18(19)15-8-6-5-7-9-15/h10-12,15H,5-9H2,1-4H3. The van der Waals surface area contributed by atoms with E-state index >= 15 is 0 Å². The van der Waals surface area contributed by atoms with Crippen LogP contribution in [-0.2, 0) is 0 Å². The zero-order valence-corrected chi connectivity index (χ0v) is 13.2. The minimum atomic E-state index is 0.160. The zero-order chi connectivity index (χ0) is 14.7. The fourth-order valence-electron chi connectivity index (χ4n) is 3.03. The molecule has 0 aromatic heterocycles. The third-order valence-corrected chi connectivity index (χ3v) is 4.34. The second-order valence-corrected chi connectivity index (χ2v) is 6.23. The van der Waals surface area contributed by atoms with E-state index in [1.807, 2.05) is 39.8 Å². The molecule has 0 N–H and O–H groups in total. The fraction of sp³-hybridized carbons (Fsp3) is 0.611. The number of benzene rings is 1. The largest absolute Gasteiger partial charge is 0.491 e. The van der Waals surface area contributed by atoms with Crippen molar-refractivity contribution in [2.75, 3.05) is 0 Å². The Labute approximate surface area is 122 Å². The molecular weight excluding hydrogens is 248 g/mol. The molecule has 2 rings (SSSR count). The molecule has 0 bridgehead atoms. The molecule has 0 amide bonds. The Bertz CT molecular complexity index is 482. The summed E-state index contributed by atoms with van der Waals surface area (Å²) >= 11 is 0. The van der Waals surface area contributed by atoms with Crippen LogP contribution in [0.15, 0.2) is 12.1 Å². The van der Waals surface area contributed by atoms with Gasteiger partial charge in [0.05, 0.1) is 6.10 Å². The molecule has 110 valence electrons. The Balaban J connectivity index is 2.24. The summed E-state index contributed by atoms with van der Waals surface area (Å²) in [5.74, 6) is 1.47. The van der Waals surface area contributed by atoms with E-state index in [0.29, 0.717) is 5.78 Å². The summed E-state index contributed by atoms with van der Waals surface area (Å²) in [7, 11) is 0. The molecule has 2 nitrogen and oxygen atoms in total. The van der Waals surface area contributed by atoms with Crippen molar-refractivity contribution < 1.29 is 9.53 Å². The van der Waals surface area contributed by atoms with Crippen molar-refractivity contribution in [3.05, 3.63) is 28.8 Å². The molecule has 1 saturated carbocycles. The Morgan fingerprint density at radius 3 is 2.35 bits per heavy atom. The molecule has 0 saturated heterocycles. The van der Waals surface area contributed by atoms with Crippen LogP contribution in [-0.4, -0.2) is 11.9 Å². The summed E-state index contributed by atoms with van der Waals surface area (Å²) in [6.07, 6.45) is 5.95. The van der Waals surface area contributed by atoms with Crippen molar-refractivity contribution in [3.63, 3.8) is 0 Å². The molecule has 1 aliphatic carbocycles. The lowest BCUT2D eigenvalue weighted by molar-refractivity contribution is 0.0888. The van der Waals surface area contributed by atoms with Gasteiger partial charge in [-0.25, -0.2) is 0 Å². The van der Waals surface area contributed by atoms with Crippen LogP contribution in [0.25, 0.3) is 0 Å². The number of rotatable bonds is 4. The first-order valence-corrected chi connectivity index (χ1v) is 7.81. The number of carbonyl (C=O) groups excluding carboxylic acids is 1. The van der Waals surface area contributed by atoms with E-state index in [1.54, 1.807) is 0 Å². The van der Waals surface area contributed by atoms with E-state index in [4.69, 9.17) is 4.74 Å². The van der Waals surface area contributed by atoms with Crippen molar-refractivity contribution in [1.29, 1.82) is 0 Å². The Morgan fingerprint density at radius 2 is 1.75 bits per heavy atom. The molecule has 1 aliphatic rings. The van der Waals surface area contributed by atoms with Crippen molar-refractivity contribution in [1.82, 2.24) is 0 Å². The lowest BCUT2D eigenvalue weighted by atomic mass is 9.82. The number of hydrogen-bond donors (Lipinski definition) is 0. The lowest BCUT2D eigenvalue weighted by Crippen LogP contribution is -2.19. The van der Waals surface area contributed by atoms with Gasteiger partial charge in [-0.1, -0.05) is 19.3 Å². The first-order chi connectivity index (χ1) is 9.50. The molecule has 0 spiro atoms. The van der Waals surface area contributed by atoms with Crippen LogP contribution in [0.3, 0.4) is 0 Å². The molecule has 0 heterocycles. The van der Waals surface area contributed by atoms with Crippen LogP contribution in [0, 0.1) is 19.8 Å². The third kappa shape index (κ3) is 3.23. The van der Waals surface area contributed by atoms with Crippen LogP contribution in [0.5, 0.6) is 5.75 Å². The topological polar surface area (TPSA) is 26.3 Å². The number of Topliss-reactive ketones (excluding diaryl/α,β-unsaturated/α-hetero) is 1. The average molecular weight is 274 g/mol. The van der Waals surface area contributed by atoms with Crippen LogP contribution >= 0.6 is 0 Å². The Kier molecular flexibility index (Phi) is 4.85. The van der Waals surface area contributed by atoms with Crippen molar-refractivity contribution >= 4 is 5.78 Å². The summed E-state index contributed by atoms with van der Waals surface area (Å²) in [5.41, 5.74) is 3.07. The van der Waals surface area contributed by atoms with E-state index in [9.17, 15) is 4.79 Å². The normalized spacial score (nSPS) is 16.4. The molecule has 0 aliphatic heterocycles. The van der Waals surface area contributed by atoms with Gasteiger partial charge in [0.15, 0.2) is 5.78 Å². The van der Waals surface area contributed by atoms with Crippen molar-refractivity contribution in [2.45, 2.75) is 65.9 Å². The van der Waals surface area contributed by atoms with E-state index in [-0.39, 0.29) is 12.0 Å². The van der Waals surface area contributed by atoms with Gasteiger partial charge < -0.3 is 4.74 Å². The maximum absolute atomic E-state index is 12.7. The summed E-state index contributed by atoms with van der Waals surface area (Å²) in [6.45, 7) is 8.13. The predicted octanol–water partition coefficient (Wildman–Crippen LogP) is 4.85. The molecule has 0 radical (unpaired) electrons. The molecule has 0 atom stereocenters. The van der Waals surface area contributed by atoms with Gasteiger partial charge in [-0.3, -0.25) is 4.79 Å². The Morgan fingerprint density at radius 1 is 1.10 bits per heavy atom. The summed E-state index contributed by atoms with van der Waals surface area (Å²) < 4.78 is 5.79. The maximum atomic E-state index is 12.7. The smallest absolute Gasteiger partial charge is 0.166 e. The second-order valence-electron chi connectivity index (χ2n) is 6.23. The third-order valence-electron chi connectivity index (χ3n) is 4.34. The summed E-state index contributed by atoms with van der Waals surface area (Å²) in [6, 6.07) is 3.91. The van der Waals surface area contributed by atoms with E-state index < -0.39 is 0 Å². The van der Waals surface area contributed by atoms with Gasteiger partial charge in [-0.05, 0) is 63.8 Å². The highest BCUT2D eigenvalue weighted by Crippen LogP contribution is 2.31. The van der Waals surface area contributed by atoms with Crippen LogP contribution in [0.2, 0.25) is 0 Å². The molecule has 1 aromatic rings. The molecule has 2 heteroatoms. The van der Waals surface area contributed by atoms with Gasteiger partial charge in [-0.2, -0.15) is 0 Å². The number of carbonyl (C=O) groups is 1. The minimum Gasteiger partial charge on any atom is -0.491 e. The average Bonchev–Trinajstić information content (AvgIpc) is 2.44. The maximum Gasteiger partial charge on any atom is 0.166 e. The van der Waals surface area contributed by atoms with Gasteiger partial charge in [0.2, 0.25) is 0 Å². The Hall–Kier alpha value is -1.31. The van der Waals surface area contributed by atoms with Crippen LogP contribution in [0.4, 0.5) is 0 Å².